The van der Waals surface area contributed by atoms with E-state index in [1.807, 2.05) is 0 Å². The van der Waals surface area contributed by atoms with Crippen LogP contribution in [-0.4, -0.2) is 106 Å². The van der Waals surface area contributed by atoms with Crippen molar-refractivity contribution < 1.29 is 100.0 Å². The van der Waals surface area contributed by atoms with E-state index in [-0.39, 0.29) is 72.4 Å². The fourth-order valence-electron chi connectivity index (χ4n) is 14.4. The number of unbranched alkanes of at least 4 members (excludes halogenated alkanes) is 15. The van der Waals surface area contributed by atoms with Crippen LogP contribution in [0, 0.1) is 29.6 Å². The van der Waals surface area contributed by atoms with Gasteiger partial charge in [-0.1, -0.05) is 84.1 Å². The van der Waals surface area contributed by atoms with E-state index >= 15 is 0 Å². The van der Waals surface area contributed by atoms with Crippen molar-refractivity contribution >= 4 is 53.7 Å². The Labute approximate surface area is 661 Å². The molecule has 3 aliphatic rings. The lowest BCUT2D eigenvalue weighted by Gasteiger charge is -2.37. The van der Waals surface area contributed by atoms with Gasteiger partial charge in [0.05, 0.1) is 87.1 Å². The number of carbonyl (C=O) groups excluding carboxylic acids is 9. The van der Waals surface area contributed by atoms with Crippen molar-refractivity contribution in [3.63, 3.8) is 0 Å². The molecule has 0 heterocycles. The van der Waals surface area contributed by atoms with Crippen LogP contribution < -0.4 is 33.2 Å². The zero-order valence-electron chi connectivity index (χ0n) is 65.8. The summed E-state index contributed by atoms with van der Waals surface area (Å²) in [6, 6.07) is 32.4. The molecule has 5 aromatic carbocycles. The van der Waals surface area contributed by atoms with E-state index in [0.29, 0.717) is 118 Å². The molecule has 5 aromatic rings. The molecule has 0 saturated heterocycles. The number of ether oxygens (including phenoxy) is 12. The number of carbonyl (C=O) groups is 9. The quantitative estimate of drug-likeness (QED) is 0.0115. The predicted octanol–water partition coefficient (Wildman–Crippen LogP) is 19.5. The Morgan fingerprint density at radius 3 is 1.04 bits per heavy atom. The van der Waals surface area contributed by atoms with Crippen LogP contribution in [-0.2, 0) is 52.5 Å². The van der Waals surface area contributed by atoms with Gasteiger partial charge in [0.25, 0.3) is 0 Å². The molecule has 112 heavy (non-hydrogen) atoms. The largest absolute Gasteiger partial charge is 0.494 e. The lowest BCUT2D eigenvalue weighted by Crippen LogP contribution is -2.30. The third-order valence-electron chi connectivity index (χ3n) is 21.1. The molecule has 0 spiro atoms. The molecule has 0 N–H and O–H groups in total. The summed E-state index contributed by atoms with van der Waals surface area (Å²) in [5, 5.41) is 0. The van der Waals surface area contributed by atoms with Crippen molar-refractivity contribution in [2.45, 2.75) is 244 Å². The standard InChI is InChI=1S/C91H118O21/c1-3-5-15-24-67-26-28-68(29-27-67)69-30-32-70(33-31-69)87(96)109-79-50-52-80(53-51-79)110-89(98)72-36-44-75(45-37-72)101-60-17-8-6-7-9-20-65-106-85(94)58-59-86(95)107-66-23-14-16-25-84(93)105-64-22-13-11-19-62-103-76-42-34-71(35-43-76)88(97)108-78-48-40-74(41-49-78)91(100)112-82-56-54-81(55-57-82)111-90(99)73-38-46-77(47-39-73)102-61-18-10-12-21-63-104-83(92)4-2/h4,36-41,44-57,67-71,76H,2-3,5-35,42-43,58-66H2,1H3. The molecular formula is C91H118O21. The Morgan fingerprint density at radius 1 is 0.321 bits per heavy atom. The average Bonchev–Trinajstić information content (AvgIpc) is 0.940. The average molecular weight is 1550 g/mol. The van der Waals surface area contributed by atoms with Crippen LogP contribution in [0.4, 0.5) is 0 Å². The highest BCUT2D eigenvalue weighted by Crippen LogP contribution is 2.43. The summed E-state index contributed by atoms with van der Waals surface area (Å²) in [6.07, 6.45) is 33.4. The molecule has 608 valence electrons. The normalized spacial score (nSPS) is 17.3. The zero-order valence-corrected chi connectivity index (χ0v) is 65.8. The zero-order chi connectivity index (χ0) is 79.2. The summed E-state index contributed by atoms with van der Waals surface area (Å²) in [5.74, 6) is 1.36. The van der Waals surface area contributed by atoms with Crippen LogP contribution in [0.3, 0.4) is 0 Å². The lowest BCUT2D eigenvalue weighted by molar-refractivity contribution is -0.150. The van der Waals surface area contributed by atoms with Crippen molar-refractivity contribution in [2.24, 2.45) is 29.6 Å². The van der Waals surface area contributed by atoms with Gasteiger partial charge in [0.15, 0.2) is 0 Å². The Kier molecular flexibility index (Phi) is 40.4. The molecule has 0 bridgehead atoms. The highest BCUT2D eigenvalue weighted by atomic mass is 16.6. The number of benzene rings is 5. The minimum Gasteiger partial charge on any atom is -0.494 e. The number of rotatable bonds is 51. The second kappa shape index (κ2) is 51.3. The Bertz CT molecular complexity index is 3620. The van der Waals surface area contributed by atoms with Crippen LogP contribution in [0.5, 0.6) is 40.2 Å². The molecule has 21 nitrogen and oxygen atoms in total. The second-order valence-electron chi connectivity index (χ2n) is 29.7. The molecule has 0 amide bonds. The second-order valence-corrected chi connectivity index (χ2v) is 29.7. The molecule has 0 aromatic heterocycles. The van der Waals surface area contributed by atoms with Crippen LogP contribution >= 0.6 is 0 Å². The van der Waals surface area contributed by atoms with E-state index in [9.17, 15) is 43.2 Å². The highest BCUT2D eigenvalue weighted by molar-refractivity contribution is 5.93. The van der Waals surface area contributed by atoms with Gasteiger partial charge in [-0.2, -0.15) is 0 Å². The molecule has 3 saturated carbocycles. The minimum atomic E-state index is -0.616. The lowest BCUT2D eigenvalue weighted by atomic mass is 9.68. The Balaban J connectivity index is 0.534. The van der Waals surface area contributed by atoms with E-state index in [2.05, 4.69) is 13.5 Å². The van der Waals surface area contributed by atoms with E-state index in [0.717, 1.165) is 152 Å². The van der Waals surface area contributed by atoms with Crippen molar-refractivity contribution in [3.8, 4) is 40.2 Å². The summed E-state index contributed by atoms with van der Waals surface area (Å²) in [7, 11) is 0. The predicted molar refractivity (Wildman–Crippen MR) is 422 cm³/mol. The van der Waals surface area contributed by atoms with Gasteiger partial charge in [0.1, 0.15) is 40.2 Å². The molecule has 21 heteroatoms. The van der Waals surface area contributed by atoms with Crippen LogP contribution in [0.1, 0.15) is 269 Å². The maximum atomic E-state index is 13.1. The number of esters is 9. The van der Waals surface area contributed by atoms with E-state index < -0.39 is 35.8 Å². The monoisotopic (exact) mass is 1550 g/mol. The van der Waals surface area contributed by atoms with E-state index in [1.165, 1.54) is 87.8 Å². The molecule has 0 unspecified atom stereocenters. The van der Waals surface area contributed by atoms with Gasteiger partial charge < -0.3 is 56.8 Å². The number of hydrogen-bond donors (Lipinski definition) is 0. The van der Waals surface area contributed by atoms with Gasteiger partial charge in [-0.15, -0.1) is 0 Å². The van der Waals surface area contributed by atoms with Crippen molar-refractivity contribution in [1.29, 1.82) is 0 Å². The fraction of sp³-hybridized carbons (Fsp3) is 0.549. The summed E-state index contributed by atoms with van der Waals surface area (Å²) >= 11 is 0. The molecule has 0 radical (unpaired) electrons. The molecule has 3 aliphatic carbocycles. The Morgan fingerprint density at radius 2 is 0.643 bits per heavy atom. The minimum absolute atomic E-state index is 0.0379. The van der Waals surface area contributed by atoms with Crippen LogP contribution in [0.15, 0.2) is 134 Å². The smallest absolute Gasteiger partial charge is 0.343 e. The van der Waals surface area contributed by atoms with Gasteiger partial charge in [0.2, 0.25) is 0 Å². The maximum absolute atomic E-state index is 13.1. The Hall–Kier alpha value is -9.37. The molecule has 3 fully saturated rings. The van der Waals surface area contributed by atoms with Crippen molar-refractivity contribution in [3.05, 3.63) is 151 Å². The molecule has 0 atom stereocenters. The third-order valence-corrected chi connectivity index (χ3v) is 21.1. The van der Waals surface area contributed by atoms with Crippen molar-refractivity contribution in [2.75, 3.05) is 46.2 Å². The van der Waals surface area contributed by atoms with Crippen LogP contribution in [0.2, 0.25) is 0 Å². The van der Waals surface area contributed by atoms with Gasteiger partial charge in [-0.25, -0.2) is 19.2 Å². The van der Waals surface area contributed by atoms with Gasteiger partial charge in [-0.3, -0.25) is 24.0 Å². The molecule has 8 rings (SSSR count). The number of hydrogen-bond acceptors (Lipinski definition) is 21. The first-order valence-electron chi connectivity index (χ1n) is 41.4. The van der Waals surface area contributed by atoms with E-state index in [4.69, 9.17) is 56.8 Å². The fourth-order valence-corrected chi connectivity index (χ4v) is 14.4. The third kappa shape index (κ3) is 34.3. The van der Waals surface area contributed by atoms with Gasteiger partial charge >= 0.3 is 53.7 Å². The van der Waals surface area contributed by atoms with Gasteiger partial charge in [-0.05, 0) is 280 Å². The maximum Gasteiger partial charge on any atom is 0.343 e. The highest BCUT2D eigenvalue weighted by Gasteiger charge is 2.34. The first kappa shape index (κ1) is 88.2. The summed E-state index contributed by atoms with van der Waals surface area (Å²) in [5.41, 5.74) is 0.982. The summed E-state index contributed by atoms with van der Waals surface area (Å²) in [6.45, 7) is 8.56. The van der Waals surface area contributed by atoms with E-state index in [1.54, 1.807) is 84.9 Å². The summed E-state index contributed by atoms with van der Waals surface area (Å²) in [4.78, 5) is 113. The first-order valence-corrected chi connectivity index (χ1v) is 41.4. The molecule has 0 aliphatic heterocycles. The first-order chi connectivity index (χ1) is 54.7. The van der Waals surface area contributed by atoms with Gasteiger partial charge in [0, 0.05) is 19.1 Å². The topological polar surface area (TPSA) is 264 Å². The van der Waals surface area contributed by atoms with Crippen molar-refractivity contribution in [1.82, 2.24) is 0 Å². The molecular weight excluding hydrogens is 1430 g/mol. The SMILES string of the molecule is C=CC(=O)OCCCCCCOc1ccc(C(=O)Oc2ccc(OC(=O)c3ccc(OC(=O)C4CCC(OCCCCCCOC(=O)CCCCCOC(=O)CCC(=O)OCCCCCCCCOc5ccc(C(=O)Oc6ccc(OC(=O)C7CCC(C8CCC(CCCCC)CC8)CC7)cc6)cc5)CC4)cc3)cc2)cc1. The van der Waals surface area contributed by atoms with Crippen LogP contribution in [0.25, 0.3) is 0 Å². The summed E-state index contributed by atoms with van der Waals surface area (Å²) < 4.78 is 66.8.